The highest BCUT2D eigenvalue weighted by molar-refractivity contribution is 5.95. The molecule has 1 aromatic heterocycles. The summed E-state index contributed by atoms with van der Waals surface area (Å²) < 4.78 is 15.0. The summed E-state index contributed by atoms with van der Waals surface area (Å²) in [5.41, 5.74) is 2.47. The van der Waals surface area contributed by atoms with Crippen LogP contribution in [0.1, 0.15) is 12.5 Å². The lowest BCUT2D eigenvalue weighted by Crippen LogP contribution is -2.43. The van der Waals surface area contributed by atoms with Gasteiger partial charge in [0.15, 0.2) is 0 Å². The molecule has 0 bridgehead atoms. The van der Waals surface area contributed by atoms with E-state index < -0.39 is 0 Å². The average Bonchev–Trinajstić information content (AvgIpc) is 3.21. The van der Waals surface area contributed by atoms with Crippen LogP contribution in [-0.2, 0) is 6.42 Å². The third-order valence-electron chi connectivity index (χ3n) is 5.69. The Labute approximate surface area is 146 Å². The highest BCUT2D eigenvalue weighted by Gasteiger charge is 2.35. The smallest absolute Gasteiger partial charge is 0.137 e. The molecule has 1 fully saturated rings. The van der Waals surface area contributed by atoms with Crippen molar-refractivity contribution >= 4 is 35.2 Å². The number of anilines is 1. The molecule has 1 saturated heterocycles. The molecule has 2 unspecified atom stereocenters. The number of aromatic amines is 1. The summed E-state index contributed by atoms with van der Waals surface area (Å²) in [5.74, 6) is 1.00. The van der Waals surface area contributed by atoms with Gasteiger partial charge in [0.1, 0.15) is 11.6 Å². The van der Waals surface area contributed by atoms with Gasteiger partial charge < -0.3 is 20.5 Å². The van der Waals surface area contributed by atoms with Crippen molar-refractivity contribution in [3.63, 3.8) is 0 Å². The van der Waals surface area contributed by atoms with Crippen LogP contribution >= 0.6 is 0 Å². The van der Waals surface area contributed by atoms with Gasteiger partial charge >= 0.3 is 0 Å². The molecular formula is C19H24FN5. The van der Waals surface area contributed by atoms with Gasteiger partial charge in [0.05, 0.1) is 11.2 Å². The van der Waals surface area contributed by atoms with E-state index in [0.29, 0.717) is 12.3 Å². The van der Waals surface area contributed by atoms with Crippen LogP contribution in [-0.4, -0.2) is 49.8 Å². The molecule has 2 aliphatic heterocycles. The van der Waals surface area contributed by atoms with Crippen molar-refractivity contribution in [1.29, 1.82) is 0 Å². The Hall–Kier alpha value is -2.34. The summed E-state index contributed by atoms with van der Waals surface area (Å²) in [5, 5.41) is 9.39. The molecule has 1 aromatic carbocycles. The third-order valence-corrected chi connectivity index (χ3v) is 5.69. The molecule has 5 nitrogen and oxygen atoms in total. The number of hydrogen-bond acceptors (Lipinski definition) is 4. The molecule has 0 amide bonds. The van der Waals surface area contributed by atoms with Crippen molar-refractivity contribution in [2.24, 2.45) is 10.9 Å². The minimum absolute atomic E-state index is 0.154. The second kappa shape index (κ2) is 5.88. The molecule has 6 heteroatoms. The van der Waals surface area contributed by atoms with Crippen molar-refractivity contribution in [3.05, 3.63) is 28.0 Å². The zero-order valence-electron chi connectivity index (χ0n) is 14.9. The number of aliphatic imine (C=N–C) groups is 1. The third kappa shape index (κ3) is 2.20. The first kappa shape index (κ1) is 16.1. The Morgan fingerprint density at radius 1 is 1.44 bits per heavy atom. The van der Waals surface area contributed by atoms with E-state index in [0.717, 1.165) is 51.6 Å². The van der Waals surface area contributed by atoms with E-state index in [9.17, 15) is 0 Å². The average molecular weight is 341 g/mol. The van der Waals surface area contributed by atoms with E-state index in [-0.39, 0.29) is 11.9 Å². The summed E-state index contributed by atoms with van der Waals surface area (Å²) in [7, 11) is 3.88. The molecule has 2 atom stereocenters. The number of H-pyrrole nitrogens is 1. The second-order valence-electron chi connectivity index (χ2n) is 6.87. The number of nitrogens with zero attached hydrogens (tertiary/aromatic N) is 2. The first-order valence-corrected chi connectivity index (χ1v) is 8.72. The van der Waals surface area contributed by atoms with Gasteiger partial charge in [-0.05, 0) is 37.6 Å². The Kier molecular flexibility index (Phi) is 3.80. The zero-order chi connectivity index (χ0) is 17.7. The highest BCUT2D eigenvalue weighted by atomic mass is 19.1. The van der Waals surface area contributed by atoms with Crippen LogP contribution in [0.4, 0.5) is 10.1 Å². The standard InChI is InChI=1S/C19H24FN5/c1-5-13-17-16-11(12(20)7-14(21-2)18(16)24-13)6-10-8-23-9-15(10)25(4)19(17)22-3/h5,7,10,15,21,23-24H,3,6,8-9H2,1-2,4H3. The predicted octanol–water partition coefficient (Wildman–Crippen LogP) is 0.991. The molecular weight excluding hydrogens is 317 g/mol. The SMILES string of the molecule is C=NC1=c2c(=CC)[nH]c3c(NC)cc(F)c(c23)CC2CNCC2N1C. The number of fused-ring (bicyclic) bond motifs is 1. The molecule has 3 heterocycles. The van der Waals surface area contributed by atoms with E-state index in [4.69, 9.17) is 0 Å². The number of benzene rings is 1. The quantitative estimate of drug-likeness (QED) is 0.714. The largest absolute Gasteiger partial charge is 0.386 e. The van der Waals surface area contributed by atoms with Crippen molar-refractivity contribution in [1.82, 2.24) is 15.2 Å². The Bertz CT molecular complexity index is 974. The number of aromatic nitrogens is 1. The Morgan fingerprint density at radius 3 is 2.92 bits per heavy atom. The lowest BCUT2D eigenvalue weighted by atomic mass is 9.89. The summed E-state index contributed by atoms with van der Waals surface area (Å²) in [4.78, 5) is 10.0. The lowest BCUT2D eigenvalue weighted by Gasteiger charge is -2.32. The number of likely N-dealkylation sites (N-methyl/N-ethyl adjacent to an activating group) is 1. The summed E-state index contributed by atoms with van der Waals surface area (Å²) >= 11 is 0. The fourth-order valence-corrected chi connectivity index (χ4v) is 4.44. The van der Waals surface area contributed by atoms with Gasteiger partial charge in [-0.25, -0.2) is 9.38 Å². The van der Waals surface area contributed by atoms with Gasteiger partial charge in [-0.3, -0.25) is 0 Å². The molecule has 0 spiro atoms. The van der Waals surface area contributed by atoms with E-state index in [2.05, 4.69) is 39.3 Å². The van der Waals surface area contributed by atoms with E-state index in [1.54, 1.807) is 6.07 Å². The predicted molar refractivity (Wildman–Crippen MR) is 102 cm³/mol. The van der Waals surface area contributed by atoms with Gasteiger partial charge in [0, 0.05) is 49.2 Å². The molecule has 2 aromatic rings. The Morgan fingerprint density at radius 2 is 2.24 bits per heavy atom. The number of nitrogens with one attached hydrogen (secondary N) is 3. The van der Waals surface area contributed by atoms with Crippen molar-refractivity contribution in [2.45, 2.75) is 19.4 Å². The summed E-state index contributed by atoms with van der Waals surface area (Å²) in [6.45, 7) is 7.57. The van der Waals surface area contributed by atoms with Crippen LogP contribution in [0.25, 0.3) is 22.8 Å². The minimum atomic E-state index is -0.154. The molecule has 4 rings (SSSR count). The van der Waals surface area contributed by atoms with Crippen LogP contribution in [0.5, 0.6) is 0 Å². The summed E-state index contributed by atoms with van der Waals surface area (Å²) in [6.07, 6.45) is 2.73. The molecule has 132 valence electrons. The van der Waals surface area contributed by atoms with E-state index in [1.165, 1.54) is 0 Å². The maximum Gasteiger partial charge on any atom is 0.137 e. The van der Waals surface area contributed by atoms with Gasteiger partial charge in [0.25, 0.3) is 0 Å². The normalized spacial score (nSPS) is 23.6. The molecule has 0 radical (unpaired) electrons. The van der Waals surface area contributed by atoms with Gasteiger partial charge in [-0.2, -0.15) is 0 Å². The van der Waals surface area contributed by atoms with E-state index >= 15 is 4.39 Å². The molecule has 0 saturated carbocycles. The van der Waals surface area contributed by atoms with Crippen LogP contribution in [0.15, 0.2) is 11.1 Å². The second-order valence-corrected chi connectivity index (χ2v) is 6.87. The van der Waals surface area contributed by atoms with Crippen LogP contribution in [0, 0.1) is 11.7 Å². The van der Waals surface area contributed by atoms with Crippen LogP contribution in [0.2, 0.25) is 0 Å². The highest BCUT2D eigenvalue weighted by Crippen LogP contribution is 2.32. The maximum absolute atomic E-state index is 15.0. The van der Waals surface area contributed by atoms with Crippen LogP contribution < -0.4 is 21.2 Å². The Balaban J connectivity index is 2.24. The van der Waals surface area contributed by atoms with Gasteiger partial charge in [0.2, 0.25) is 0 Å². The number of hydrogen-bond donors (Lipinski definition) is 3. The summed E-state index contributed by atoms with van der Waals surface area (Å²) in [6, 6.07) is 1.88. The maximum atomic E-state index is 15.0. The van der Waals surface area contributed by atoms with Gasteiger partial charge in [-0.1, -0.05) is 6.08 Å². The fourth-order valence-electron chi connectivity index (χ4n) is 4.44. The van der Waals surface area contributed by atoms with Crippen molar-refractivity contribution < 1.29 is 4.39 Å². The minimum Gasteiger partial charge on any atom is -0.386 e. The topological polar surface area (TPSA) is 55.5 Å². The number of rotatable bonds is 2. The zero-order valence-corrected chi connectivity index (χ0v) is 14.9. The van der Waals surface area contributed by atoms with Crippen LogP contribution in [0.3, 0.4) is 0 Å². The fraction of sp³-hybridized carbons (Fsp3) is 0.421. The van der Waals surface area contributed by atoms with Crippen molar-refractivity contribution in [2.75, 3.05) is 32.5 Å². The van der Waals surface area contributed by atoms with Crippen molar-refractivity contribution in [3.8, 4) is 0 Å². The molecule has 2 aliphatic rings. The van der Waals surface area contributed by atoms with E-state index in [1.807, 2.05) is 20.0 Å². The van der Waals surface area contributed by atoms with Gasteiger partial charge in [-0.15, -0.1) is 0 Å². The monoisotopic (exact) mass is 341 g/mol. The first-order chi connectivity index (χ1) is 12.1. The lowest BCUT2D eigenvalue weighted by molar-refractivity contribution is 0.289. The molecule has 0 aliphatic carbocycles. The first-order valence-electron chi connectivity index (χ1n) is 8.72. The number of halogens is 1. The molecule has 3 N–H and O–H groups in total. The molecule has 25 heavy (non-hydrogen) atoms.